The molecule has 0 unspecified atom stereocenters. The minimum atomic E-state index is -0.687. The molecule has 7 heteroatoms. The average Bonchev–Trinajstić information content (AvgIpc) is 2.79. The maximum Gasteiger partial charge on any atom is 0.259 e. The highest BCUT2D eigenvalue weighted by Gasteiger charge is 2.19. The molecule has 0 aliphatic carbocycles. The summed E-state index contributed by atoms with van der Waals surface area (Å²) in [6, 6.07) is 15.1. The van der Waals surface area contributed by atoms with Gasteiger partial charge < -0.3 is 10.2 Å². The Morgan fingerprint density at radius 1 is 1.15 bits per heavy atom. The molecule has 1 fully saturated rings. The van der Waals surface area contributed by atoms with Crippen LogP contribution in [0.25, 0.3) is 11.3 Å². The second kappa shape index (κ2) is 9.77. The fourth-order valence-corrected chi connectivity index (χ4v) is 4.17. The molecule has 1 saturated heterocycles. The van der Waals surface area contributed by atoms with E-state index in [9.17, 15) is 13.6 Å². The molecule has 4 rings (SSSR count). The minimum absolute atomic E-state index is 0.196. The van der Waals surface area contributed by atoms with Crippen molar-refractivity contribution < 1.29 is 13.6 Å². The highest BCUT2D eigenvalue weighted by atomic mass is 19.1. The molecule has 2 heterocycles. The third-order valence-corrected chi connectivity index (χ3v) is 6.01. The van der Waals surface area contributed by atoms with E-state index in [2.05, 4.69) is 34.3 Å². The van der Waals surface area contributed by atoms with Crippen LogP contribution in [0.15, 0.2) is 54.6 Å². The van der Waals surface area contributed by atoms with Gasteiger partial charge in [-0.05, 0) is 55.8 Å². The van der Waals surface area contributed by atoms with Crippen molar-refractivity contribution in [2.24, 2.45) is 0 Å². The second-order valence-electron chi connectivity index (χ2n) is 8.57. The van der Waals surface area contributed by atoms with Crippen molar-refractivity contribution in [1.82, 2.24) is 15.2 Å². The lowest BCUT2D eigenvalue weighted by molar-refractivity contribution is 0.0992. The number of rotatable bonds is 5. The van der Waals surface area contributed by atoms with Crippen LogP contribution < -0.4 is 10.2 Å². The SMILES string of the molecule is Cc1nc(-c2ccc(F)cc2F)ccc1C(=O)N(C)c1ccc(CN2CCN[C@@H](C)C2)cc1. The quantitative estimate of drug-likeness (QED) is 0.626. The number of benzene rings is 2. The van der Waals surface area contributed by atoms with Crippen molar-refractivity contribution in [2.75, 3.05) is 31.6 Å². The highest BCUT2D eigenvalue weighted by molar-refractivity contribution is 6.06. The van der Waals surface area contributed by atoms with E-state index < -0.39 is 11.6 Å². The summed E-state index contributed by atoms with van der Waals surface area (Å²) in [6.45, 7) is 7.82. The van der Waals surface area contributed by atoms with E-state index in [1.54, 1.807) is 31.0 Å². The van der Waals surface area contributed by atoms with Crippen LogP contribution in [-0.4, -0.2) is 48.5 Å². The molecule has 3 aromatic rings. The number of halogens is 2. The summed E-state index contributed by atoms with van der Waals surface area (Å²) in [5.74, 6) is -1.53. The number of piperazine rings is 1. The van der Waals surface area contributed by atoms with E-state index >= 15 is 0 Å². The lowest BCUT2D eigenvalue weighted by atomic mass is 10.1. The molecular formula is C26H28F2N4O. The molecule has 1 amide bonds. The molecule has 1 aliphatic heterocycles. The largest absolute Gasteiger partial charge is 0.312 e. The van der Waals surface area contributed by atoms with Gasteiger partial charge in [0.2, 0.25) is 0 Å². The third-order valence-electron chi connectivity index (χ3n) is 6.01. The topological polar surface area (TPSA) is 48.5 Å². The second-order valence-corrected chi connectivity index (χ2v) is 8.57. The van der Waals surface area contributed by atoms with Gasteiger partial charge in [0.05, 0.1) is 17.0 Å². The molecule has 0 spiro atoms. The maximum absolute atomic E-state index is 14.1. The first kappa shape index (κ1) is 23.0. The highest BCUT2D eigenvalue weighted by Crippen LogP contribution is 2.24. The Hall–Kier alpha value is -3.16. The van der Waals surface area contributed by atoms with Gasteiger partial charge in [-0.2, -0.15) is 0 Å². The summed E-state index contributed by atoms with van der Waals surface area (Å²) in [5, 5.41) is 3.45. The van der Waals surface area contributed by atoms with Crippen molar-refractivity contribution in [1.29, 1.82) is 0 Å². The summed E-state index contributed by atoms with van der Waals surface area (Å²) in [7, 11) is 1.72. The molecule has 172 valence electrons. The number of anilines is 1. The van der Waals surface area contributed by atoms with E-state index in [1.165, 1.54) is 17.7 Å². The normalized spacial score (nSPS) is 16.6. The Morgan fingerprint density at radius 3 is 2.58 bits per heavy atom. The van der Waals surface area contributed by atoms with Crippen molar-refractivity contribution in [3.63, 3.8) is 0 Å². The van der Waals surface area contributed by atoms with Crippen LogP contribution in [0.4, 0.5) is 14.5 Å². The molecule has 1 atom stereocenters. The van der Waals surface area contributed by atoms with E-state index in [0.29, 0.717) is 23.0 Å². The standard InChI is InChI=1S/C26H28F2N4O/c1-17-15-32(13-12-29-17)16-19-4-7-21(8-5-19)31(3)26(33)22-10-11-25(30-18(22)2)23-9-6-20(27)14-24(23)28/h4-11,14,17,29H,12-13,15-16H2,1-3H3/t17-/m0/s1. The summed E-state index contributed by atoms with van der Waals surface area (Å²) in [4.78, 5) is 21.5. The van der Waals surface area contributed by atoms with Crippen LogP contribution >= 0.6 is 0 Å². The Balaban J connectivity index is 1.47. The maximum atomic E-state index is 14.1. The predicted molar refractivity (Wildman–Crippen MR) is 126 cm³/mol. The number of aryl methyl sites for hydroxylation is 1. The first-order valence-electron chi connectivity index (χ1n) is 11.1. The molecular weight excluding hydrogens is 422 g/mol. The zero-order chi connectivity index (χ0) is 23.5. The Labute approximate surface area is 193 Å². The fraction of sp³-hybridized carbons (Fsp3) is 0.308. The van der Waals surface area contributed by atoms with Crippen LogP contribution in [0.1, 0.15) is 28.5 Å². The van der Waals surface area contributed by atoms with Crippen LogP contribution in [-0.2, 0) is 6.54 Å². The molecule has 1 N–H and O–H groups in total. The van der Waals surface area contributed by atoms with Gasteiger partial charge in [0.25, 0.3) is 5.91 Å². The molecule has 33 heavy (non-hydrogen) atoms. The number of carbonyl (C=O) groups excluding carboxylic acids is 1. The number of nitrogens with one attached hydrogen (secondary N) is 1. The van der Waals surface area contributed by atoms with Crippen molar-refractivity contribution in [2.45, 2.75) is 26.4 Å². The van der Waals surface area contributed by atoms with E-state index in [4.69, 9.17) is 0 Å². The first-order valence-corrected chi connectivity index (χ1v) is 11.1. The van der Waals surface area contributed by atoms with Crippen LogP contribution in [0.5, 0.6) is 0 Å². The number of pyridine rings is 1. The van der Waals surface area contributed by atoms with Gasteiger partial charge in [-0.25, -0.2) is 8.78 Å². The van der Waals surface area contributed by atoms with E-state index in [0.717, 1.165) is 37.9 Å². The van der Waals surface area contributed by atoms with E-state index in [1.807, 2.05) is 12.1 Å². The molecule has 0 bridgehead atoms. The fourth-order valence-electron chi connectivity index (χ4n) is 4.17. The van der Waals surface area contributed by atoms with Crippen LogP contribution in [0, 0.1) is 18.6 Å². The molecule has 0 radical (unpaired) electrons. The van der Waals surface area contributed by atoms with Gasteiger partial charge in [-0.3, -0.25) is 14.7 Å². The molecule has 5 nitrogen and oxygen atoms in total. The predicted octanol–water partition coefficient (Wildman–Crippen LogP) is 4.41. The Bertz CT molecular complexity index is 1150. The zero-order valence-electron chi connectivity index (χ0n) is 19.1. The van der Waals surface area contributed by atoms with Gasteiger partial charge >= 0.3 is 0 Å². The van der Waals surface area contributed by atoms with Crippen molar-refractivity contribution in [3.05, 3.63) is 83.1 Å². The molecule has 2 aromatic carbocycles. The first-order chi connectivity index (χ1) is 15.8. The minimum Gasteiger partial charge on any atom is -0.312 e. The Kier molecular flexibility index (Phi) is 6.81. The number of aromatic nitrogens is 1. The van der Waals surface area contributed by atoms with Gasteiger partial charge in [-0.15, -0.1) is 0 Å². The van der Waals surface area contributed by atoms with Crippen molar-refractivity contribution in [3.8, 4) is 11.3 Å². The lowest BCUT2D eigenvalue weighted by Crippen LogP contribution is -2.48. The molecule has 1 aliphatic rings. The monoisotopic (exact) mass is 450 g/mol. The van der Waals surface area contributed by atoms with E-state index in [-0.39, 0.29) is 11.5 Å². The lowest BCUT2D eigenvalue weighted by Gasteiger charge is -2.31. The van der Waals surface area contributed by atoms with Gasteiger partial charge in [-0.1, -0.05) is 12.1 Å². The zero-order valence-corrected chi connectivity index (χ0v) is 19.1. The van der Waals surface area contributed by atoms with Crippen molar-refractivity contribution >= 4 is 11.6 Å². The van der Waals surface area contributed by atoms with Gasteiger partial charge in [0, 0.05) is 56.6 Å². The summed E-state index contributed by atoms with van der Waals surface area (Å²) >= 11 is 0. The summed E-state index contributed by atoms with van der Waals surface area (Å²) in [6.07, 6.45) is 0. The third kappa shape index (κ3) is 5.26. The molecule has 1 aromatic heterocycles. The summed E-state index contributed by atoms with van der Waals surface area (Å²) in [5.41, 5.74) is 3.46. The smallest absolute Gasteiger partial charge is 0.259 e. The van der Waals surface area contributed by atoms with Gasteiger partial charge in [0.15, 0.2) is 0 Å². The van der Waals surface area contributed by atoms with Crippen LogP contribution in [0.2, 0.25) is 0 Å². The number of nitrogens with zero attached hydrogens (tertiary/aromatic N) is 3. The molecule has 0 saturated carbocycles. The average molecular weight is 451 g/mol. The number of amides is 1. The Morgan fingerprint density at radius 2 is 1.91 bits per heavy atom. The summed E-state index contributed by atoms with van der Waals surface area (Å²) < 4.78 is 27.3. The number of carbonyl (C=O) groups is 1. The van der Waals surface area contributed by atoms with Crippen LogP contribution in [0.3, 0.4) is 0 Å². The number of hydrogen-bond donors (Lipinski definition) is 1. The van der Waals surface area contributed by atoms with Gasteiger partial charge in [0.1, 0.15) is 11.6 Å². The number of hydrogen-bond acceptors (Lipinski definition) is 4.